The number of aromatic nitrogens is 1. The molecule has 0 unspecified atom stereocenters. The van der Waals surface area contributed by atoms with Crippen molar-refractivity contribution in [2.45, 2.75) is 18.8 Å². The van der Waals surface area contributed by atoms with E-state index in [-0.39, 0.29) is 36.6 Å². The van der Waals surface area contributed by atoms with Crippen LogP contribution in [-0.2, 0) is 0 Å². The molecule has 0 saturated carbocycles. The van der Waals surface area contributed by atoms with Crippen molar-refractivity contribution in [1.29, 1.82) is 0 Å². The highest BCUT2D eigenvalue weighted by Gasteiger charge is 2.34. The third kappa shape index (κ3) is 2.69. The Labute approximate surface area is 107 Å². The zero-order valence-corrected chi connectivity index (χ0v) is 10.1. The molecule has 0 atom stereocenters. The fraction of sp³-hybridized carbons (Fsp3) is 0.455. The number of carbonyl (C=O) groups is 1. The number of anilines is 1. The molecule has 1 saturated heterocycles. The number of hydrogen-bond donors (Lipinski definition) is 1. The van der Waals surface area contributed by atoms with Crippen LogP contribution in [0.3, 0.4) is 0 Å². The van der Waals surface area contributed by atoms with Gasteiger partial charge < -0.3 is 10.0 Å². The van der Waals surface area contributed by atoms with Gasteiger partial charge in [0.05, 0.1) is 16.9 Å². The maximum Gasteiger partial charge on any atom is 0.354 e. The summed E-state index contributed by atoms with van der Waals surface area (Å²) in [5.41, 5.74) is 0.336. The first-order chi connectivity index (χ1) is 8.39. The monoisotopic (exact) mass is 276 g/mol. The SMILES string of the molecule is O=C(O)c1cc(Cl)c(N2CCC(F)(F)CC2)cn1. The Hall–Kier alpha value is -1.43. The normalized spacial score (nSPS) is 18.7. The average Bonchev–Trinajstić information content (AvgIpc) is 2.29. The standard InChI is InChI=1S/C11H11ClF2N2O2/c12-7-5-8(10(17)18)15-6-9(7)16-3-1-11(13,14)2-4-16/h5-6H,1-4H2,(H,17,18). The van der Waals surface area contributed by atoms with Gasteiger partial charge in [-0.3, -0.25) is 0 Å². The first-order valence-electron chi connectivity index (χ1n) is 5.41. The third-order valence-corrected chi connectivity index (χ3v) is 3.19. The number of aromatic carboxylic acids is 1. The van der Waals surface area contributed by atoms with E-state index >= 15 is 0 Å². The van der Waals surface area contributed by atoms with Crippen LogP contribution in [0.25, 0.3) is 0 Å². The molecule has 1 fully saturated rings. The van der Waals surface area contributed by atoms with E-state index in [0.717, 1.165) is 0 Å². The van der Waals surface area contributed by atoms with Crippen molar-refractivity contribution in [3.05, 3.63) is 23.0 Å². The summed E-state index contributed by atoms with van der Waals surface area (Å²) in [6, 6.07) is 1.23. The van der Waals surface area contributed by atoms with Gasteiger partial charge in [-0.05, 0) is 6.07 Å². The van der Waals surface area contributed by atoms with E-state index in [1.54, 1.807) is 4.90 Å². The van der Waals surface area contributed by atoms with Gasteiger partial charge in [0.15, 0.2) is 0 Å². The lowest BCUT2D eigenvalue weighted by Crippen LogP contribution is -2.39. The van der Waals surface area contributed by atoms with Gasteiger partial charge in [0.2, 0.25) is 0 Å². The fourth-order valence-electron chi connectivity index (χ4n) is 1.85. The largest absolute Gasteiger partial charge is 0.477 e. The fourth-order valence-corrected chi connectivity index (χ4v) is 2.12. The van der Waals surface area contributed by atoms with Gasteiger partial charge in [0.25, 0.3) is 5.92 Å². The van der Waals surface area contributed by atoms with Crippen LogP contribution in [0.4, 0.5) is 14.5 Å². The Balaban J connectivity index is 2.17. The third-order valence-electron chi connectivity index (χ3n) is 2.89. The number of piperidine rings is 1. The van der Waals surface area contributed by atoms with Crippen molar-refractivity contribution in [3.8, 4) is 0 Å². The minimum atomic E-state index is -2.63. The molecule has 4 nitrogen and oxygen atoms in total. The highest BCUT2D eigenvalue weighted by molar-refractivity contribution is 6.33. The summed E-state index contributed by atoms with van der Waals surface area (Å²) < 4.78 is 26.0. The zero-order valence-electron chi connectivity index (χ0n) is 9.37. The number of hydrogen-bond acceptors (Lipinski definition) is 3. The lowest BCUT2D eigenvalue weighted by atomic mass is 10.1. The molecule has 2 rings (SSSR count). The van der Waals surface area contributed by atoms with Crippen molar-refractivity contribution in [1.82, 2.24) is 4.98 Å². The Bertz CT molecular complexity index is 472. The van der Waals surface area contributed by atoms with E-state index < -0.39 is 11.9 Å². The molecule has 0 bridgehead atoms. The number of alkyl halides is 2. The van der Waals surface area contributed by atoms with Crippen LogP contribution in [0.2, 0.25) is 5.02 Å². The van der Waals surface area contributed by atoms with Gasteiger partial charge in [-0.15, -0.1) is 0 Å². The number of carboxylic acid groups (broad SMARTS) is 1. The number of pyridine rings is 1. The summed E-state index contributed by atoms with van der Waals surface area (Å²) in [5, 5.41) is 8.96. The quantitative estimate of drug-likeness (QED) is 0.902. The second-order valence-electron chi connectivity index (χ2n) is 4.17. The maximum atomic E-state index is 13.0. The predicted octanol–water partition coefficient (Wildman–Crippen LogP) is 2.67. The molecule has 0 radical (unpaired) electrons. The molecule has 0 spiro atoms. The number of rotatable bonds is 2. The van der Waals surface area contributed by atoms with Gasteiger partial charge >= 0.3 is 5.97 Å². The molecule has 1 aliphatic heterocycles. The summed E-state index contributed by atoms with van der Waals surface area (Å²) >= 11 is 5.95. The predicted molar refractivity (Wildman–Crippen MR) is 62.6 cm³/mol. The molecule has 1 aromatic heterocycles. The Morgan fingerprint density at radius 1 is 1.44 bits per heavy atom. The van der Waals surface area contributed by atoms with Crippen LogP contribution in [0.15, 0.2) is 12.3 Å². The second kappa shape index (κ2) is 4.68. The molecule has 1 aliphatic rings. The van der Waals surface area contributed by atoms with Crippen LogP contribution < -0.4 is 4.90 Å². The van der Waals surface area contributed by atoms with E-state index in [0.29, 0.717) is 5.69 Å². The van der Waals surface area contributed by atoms with E-state index in [2.05, 4.69) is 4.98 Å². The first-order valence-corrected chi connectivity index (χ1v) is 5.78. The molecular weight excluding hydrogens is 266 g/mol. The summed E-state index contributed by atoms with van der Waals surface area (Å²) in [7, 11) is 0. The van der Waals surface area contributed by atoms with Crippen molar-refractivity contribution in [2.75, 3.05) is 18.0 Å². The summed E-state index contributed by atoms with van der Waals surface area (Å²) in [4.78, 5) is 16.1. The average molecular weight is 277 g/mol. The highest BCUT2D eigenvalue weighted by Crippen LogP contribution is 2.33. The number of carboxylic acids is 1. The smallest absolute Gasteiger partial charge is 0.354 e. The number of halogens is 3. The molecule has 7 heteroatoms. The molecule has 98 valence electrons. The molecule has 1 aromatic rings. The topological polar surface area (TPSA) is 53.4 Å². The molecule has 1 N–H and O–H groups in total. The van der Waals surface area contributed by atoms with Gasteiger partial charge in [-0.2, -0.15) is 0 Å². The van der Waals surface area contributed by atoms with Crippen molar-refractivity contribution < 1.29 is 18.7 Å². The van der Waals surface area contributed by atoms with Crippen LogP contribution in [0.5, 0.6) is 0 Å². The van der Waals surface area contributed by atoms with Crippen LogP contribution in [-0.4, -0.2) is 35.1 Å². The van der Waals surface area contributed by atoms with E-state index in [9.17, 15) is 13.6 Å². The van der Waals surface area contributed by atoms with Crippen molar-refractivity contribution in [2.24, 2.45) is 0 Å². The van der Waals surface area contributed by atoms with E-state index in [1.165, 1.54) is 12.3 Å². The van der Waals surface area contributed by atoms with Crippen LogP contribution in [0.1, 0.15) is 23.3 Å². The number of nitrogens with zero attached hydrogens (tertiary/aromatic N) is 2. The van der Waals surface area contributed by atoms with Gasteiger partial charge in [0.1, 0.15) is 5.69 Å². The molecular formula is C11H11ClF2N2O2. The molecule has 0 amide bonds. The minimum Gasteiger partial charge on any atom is -0.477 e. The zero-order chi connectivity index (χ0) is 13.3. The first kappa shape index (κ1) is 13.0. The summed E-state index contributed by atoms with van der Waals surface area (Å²) in [6.45, 7) is 0.363. The van der Waals surface area contributed by atoms with E-state index in [1.807, 2.05) is 0 Å². The van der Waals surface area contributed by atoms with Crippen molar-refractivity contribution in [3.63, 3.8) is 0 Å². The molecule has 2 heterocycles. The van der Waals surface area contributed by atoms with Gasteiger partial charge in [-0.1, -0.05) is 11.6 Å². The van der Waals surface area contributed by atoms with Crippen LogP contribution >= 0.6 is 11.6 Å². The highest BCUT2D eigenvalue weighted by atomic mass is 35.5. The second-order valence-corrected chi connectivity index (χ2v) is 4.58. The Morgan fingerprint density at radius 2 is 2.06 bits per heavy atom. The molecule has 18 heavy (non-hydrogen) atoms. The van der Waals surface area contributed by atoms with E-state index in [4.69, 9.17) is 16.7 Å². The lowest BCUT2D eigenvalue weighted by molar-refractivity contribution is -0.0220. The lowest BCUT2D eigenvalue weighted by Gasteiger charge is -2.33. The van der Waals surface area contributed by atoms with Crippen LogP contribution in [0, 0.1) is 0 Å². The van der Waals surface area contributed by atoms with Gasteiger partial charge in [0, 0.05) is 25.9 Å². The Kier molecular flexibility index (Phi) is 3.38. The maximum absolute atomic E-state index is 13.0. The van der Waals surface area contributed by atoms with Gasteiger partial charge in [-0.25, -0.2) is 18.6 Å². The van der Waals surface area contributed by atoms with Crippen molar-refractivity contribution >= 4 is 23.3 Å². The minimum absolute atomic E-state index is 0.161. The summed E-state index contributed by atoms with van der Waals surface area (Å²) in [5.74, 6) is -3.80. The molecule has 0 aliphatic carbocycles. The Morgan fingerprint density at radius 3 is 2.56 bits per heavy atom. The molecule has 0 aromatic carbocycles. The summed E-state index contributed by atoms with van der Waals surface area (Å²) in [6.07, 6.45) is 0.850.